The van der Waals surface area contributed by atoms with Crippen molar-refractivity contribution in [3.63, 3.8) is 0 Å². The lowest BCUT2D eigenvalue weighted by atomic mass is 9.86. The molecule has 1 amide bonds. The summed E-state index contributed by atoms with van der Waals surface area (Å²) < 4.78 is 10.3. The molecule has 0 bridgehead atoms. The standard InChI is InChI=1S/C14H26N2O3/c1-6-7-11(18-5)16-12(14(2,3)4)13(17)15-8-10-9-19-10/h7,10,12,16H,6,8-9H2,1-5H3,(H,15,17)/b11-7-/t10-,12?/m1/s1. The zero-order chi connectivity index (χ0) is 14.5. The monoisotopic (exact) mass is 270 g/mol. The first kappa shape index (κ1) is 15.8. The number of ether oxygens (including phenoxy) is 2. The molecule has 110 valence electrons. The van der Waals surface area contributed by atoms with Gasteiger partial charge < -0.3 is 20.1 Å². The molecule has 5 heteroatoms. The Bertz CT molecular complexity index is 330. The molecule has 1 aliphatic heterocycles. The van der Waals surface area contributed by atoms with E-state index in [0.717, 1.165) is 13.0 Å². The molecule has 1 heterocycles. The Labute approximate surface area is 115 Å². The van der Waals surface area contributed by atoms with E-state index in [1.54, 1.807) is 7.11 Å². The third kappa shape index (κ3) is 5.51. The number of epoxide rings is 1. The molecule has 5 nitrogen and oxygen atoms in total. The molecule has 2 N–H and O–H groups in total. The third-order valence-corrected chi connectivity index (χ3v) is 2.93. The maximum atomic E-state index is 12.3. The van der Waals surface area contributed by atoms with Gasteiger partial charge in [0.15, 0.2) is 5.88 Å². The molecule has 0 aromatic rings. The van der Waals surface area contributed by atoms with Gasteiger partial charge in [0.1, 0.15) is 6.04 Å². The minimum atomic E-state index is -0.344. The Hall–Kier alpha value is -1.23. The van der Waals surface area contributed by atoms with Gasteiger partial charge in [0.25, 0.3) is 0 Å². The minimum absolute atomic E-state index is 0.0259. The zero-order valence-electron chi connectivity index (χ0n) is 12.6. The van der Waals surface area contributed by atoms with Crippen molar-refractivity contribution < 1.29 is 14.3 Å². The van der Waals surface area contributed by atoms with Crippen LogP contribution in [0.25, 0.3) is 0 Å². The summed E-state index contributed by atoms with van der Waals surface area (Å²) in [7, 11) is 1.60. The molecule has 1 fully saturated rings. The summed E-state index contributed by atoms with van der Waals surface area (Å²) in [6.45, 7) is 9.42. The number of carbonyl (C=O) groups is 1. The van der Waals surface area contributed by atoms with Gasteiger partial charge >= 0.3 is 0 Å². The van der Waals surface area contributed by atoms with E-state index in [9.17, 15) is 4.79 Å². The van der Waals surface area contributed by atoms with Crippen molar-refractivity contribution in [2.45, 2.75) is 46.3 Å². The van der Waals surface area contributed by atoms with Crippen LogP contribution in [0, 0.1) is 5.41 Å². The molecule has 0 aromatic carbocycles. The highest BCUT2D eigenvalue weighted by molar-refractivity contribution is 5.82. The van der Waals surface area contributed by atoms with Gasteiger partial charge in [-0.1, -0.05) is 27.7 Å². The molecule has 1 rings (SSSR count). The Morgan fingerprint density at radius 1 is 1.53 bits per heavy atom. The Balaban J connectivity index is 2.64. The molecule has 19 heavy (non-hydrogen) atoms. The fraction of sp³-hybridized carbons (Fsp3) is 0.786. The number of amides is 1. The van der Waals surface area contributed by atoms with Crippen LogP contribution in [-0.4, -0.2) is 38.3 Å². The molecule has 0 aliphatic carbocycles. The van der Waals surface area contributed by atoms with Gasteiger partial charge in [0.05, 0.1) is 19.8 Å². The normalized spacial score (nSPS) is 20.7. The fourth-order valence-electron chi connectivity index (χ4n) is 1.71. The number of carbonyl (C=O) groups excluding carboxylic acids is 1. The second kappa shape index (κ2) is 6.80. The molecule has 2 atom stereocenters. The Morgan fingerprint density at radius 2 is 2.16 bits per heavy atom. The molecule has 0 radical (unpaired) electrons. The summed E-state index contributed by atoms with van der Waals surface area (Å²) >= 11 is 0. The van der Waals surface area contributed by atoms with Gasteiger partial charge in [-0.05, 0) is 17.9 Å². The van der Waals surface area contributed by atoms with Crippen LogP contribution in [0.1, 0.15) is 34.1 Å². The smallest absolute Gasteiger partial charge is 0.243 e. The van der Waals surface area contributed by atoms with Crippen LogP contribution in [0.5, 0.6) is 0 Å². The van der Waals surface area contributed by atoms with Crippen LogP contribution in [0.2, 0.25) is 0 Å². The summed E-state index contributed by atoms with van der Waals surface area (Å²) in [6.07, 6.45) is 2.97. The molecule has 1 saturated heterocycles. The number of hydrogen-bond donors (Lipinski definition) is 2. The molecule has 1 aliphatic rings. The second-order valence-corrected chi connectivity index (χ2v) is 5.82. The van der Waals surface area contributed by atoms with E-state index in [1.807, 2.05) is 33.8 Å². The first-order valence-electron chi connectivity index (χ1n) is 6.78. The first-order valence-corrected chi connectivity index (χ1v) is 6.78. The van der Waals surface area contributed by atoms with Crippen molar-refractivity contribution in [1.29, 1.82) is 0 Å². The van der Waals surface area contributed by atoms with Crippen LogP contribution in [0.4, 0.5) is 0 Å². The highest BCUT2D eigenvalue weighted by atomic mass is 16.6. The molecule has 0 spiro atoms. The van der Waals surface area contributed by atoms with E-state index in [-0.39, 0.29) is 23.5 Å². The van der Waals surface area contributed by atoms with E-state index < -0.39 is 0 Å². The maximum Gasteiger partial charge on any atom is 0.243 e. The average Bonchev–Trinajstić information content (AvgIpc) is 3.13. The summed E-state index contributed by atoms with van der Waals surface area (Å²) in [5, 5.41) is 6.09. The van der Waals surface area contributed by atoms with E-state index in [0.29, 0.717) is 12.4 Å². The lowest BCUT2D eigenvalue weighted by molar-refractivity contribution is -0.125. The lowest BCUT2D eigenvalue weighted by Crippen LogP contribution is -2.52. The molecular formula is C14H26N2O3. The summed E-state index contributed by atoms with van der Waals surface area (Å²) in [5.74, 6) is 0.613. The maximum absolute atomic E-state index is 12.3. The van der Waals surface area contributed by atoms with E-state index in [4.69, 9.17) is 9.47 Å². The van der Waals surface area contributed by atoms with Gasteiger partial charge in [-0.2, -0.15) is 0 Å². The molecule has 0 aromatic heterocycles. The van der Waals surface area contributed by atoms with E-state index in [1.165, 1.54) is 0 Å². The highest BCUT2D eigenvalue weighted by Crippen LogP contribution is 2.21. The number of methoxy groups -OCH3 is 1. The number of hydrogen-bond acceptors (Lipinski definition) is 4. The molecule has 0 saturated carbocycles. The van der Waals surface area contributed by atoms with Gasteiger partial charge in [-0.25, -0.2) is 0 Å². The molecular weight excluding hydrogens is 244 g/mol. The van der Waals surface area contributed by atoms with Crippen LogP contribution < -0.4 is 10.6 Å². The summed E-state index contributed by atoms with van der Waals surface area (Å²) in [4.78, 5) is 12.3. The number of allylic oxidation sites excluding steroid dienone is 1. The van der Waals surface area contributed by atoms with Crippen LogP contribution in [-0.2, 0) is 14.3 Å². The van der Waals surface area contributed by atoms with Crippen LogP contribution >= 0.6 is 0 Å². The summed E-state index contributed by atoms with van der Waals surface area (Å²) in [6, 6.07) is -0.344. The van der Waals surface area contributed by atoms with Gasteiger partial charge in [-0.15, -0.1) is 0 Å². The minimum Gasteiger partial charge on any atom is -0.483 e. The summed E-state index contributed by atoms with van der Waals surface area (Å²) in [5.41, 5.74) is -0.208. The van der Waals surface area contributed by atoms with Gasteiger partial charge in [-0.3, -0.25) is 4.79 Å². The van der Waals surface area contributed by atoms with E-state index >= 15 is 0 Å². The predicted octanol–water partition coefficient (Wildman–Crippen LogP) is 1.40. The van der Waals surface area contributed by atoms with E-state index in [2.05, 4.69) is 10.6 Å². The molecule has 1 unspecified atom stereocenters. The van der Waals surface area contributed by atoms with Crippen molar-refractivity contribution in [3.8, 4) is 0 Å². The Kier molecular flexibility index (Phi) is 5.66. The SMILES string of the molecule is CC/C=C(/NC(C(=O)NC[C@@H]1CO1)C(C)(C)C)OC. The largest absolute Gasteiger partial charge is 0.483 e. The predicted molar refractivity (Wildman–Crippen MR) is 74.5 cm³/mol. The Morgan fingerprint density at radius 3 is 2.58 bits per heavy atom. The lowest BCUT2D eigenvalue weighted by Gasteiger charge is -2.31. The van der Waals surface area contributed by atoms with Crippen LogP contribution in [0.15, 0.2) is 12.0 Å². The van der Waals surface area contributed by atoms with Crippen molar-refractivity contribution in [1.82, 2.24) is 10.6 Å². The van der Waals surface area contributed by atoms with Gasteiger partial charge in [0.2, 0.25) is 5.91 Å². The highest BCUT2D eigenvalue weighted by Gasteiger charge is 2.33. The van der Waals surface area contributed by atoms with Crippen molar-refractivity contribution in [3.05, 3.63) is 12.0 Å². The first-order chi connectivity index (χ1) is 8.88. The fourth-order valence-corrected chi connectivity index (χ4v) is 1.71. The van der Waals surface area contributed by atoms with Crippen LogP contribution in [0.3, 0.4) is 0 Å². The number of rotatable bonds is 7. The second-order valence-electron chi connectivity index (χ2n) is 5.82. The quantitative estimate of drug-likeness (QED) is 0.542. The number of nitrogens with one attached hydrogen (secondary N) is 2. The van der Waals surface area contributed by atoms with Crippen molar-refractivity contribution in [2.75, 3.05) is 20.3 Å². The third-order valence-electron chi connectivity index (χ3n) is 2.93. The topological polar surface area (TPSA) is 62.9 Å². The van der Waals surface area contributed by atoms with Crippen molar-refractivity contribution >= 4 is 5.91 Å². The zero-order valence-corrected chi connectivity index (χ0v) is 12.6. The van der Waals surface area contributed by atoms with Crippen molar-refractivity contribution in [2.24, 2.45) is 5.41 Å². The average molecular weight is 270 g/mol. The van der Waals surface area contributed by atoms with Gasteiger partial charge in [0, 0.05) is 6.54 Å².